The first-order valence-electron chi connectivity index (χ1n) is 11.8. The molecule has 1 unspecified atom stereocenters. The number of carboxylic acid groups (broad SMARTS) is 2. The molecule has 2 aliphatic rings. The molecule has 1 atom stereocenters. The molecule has 0 amide bonds. The van der Waals surface area contributed by atoms with E-state index in [1.54, 1.807) is 12.3 Å². The van der Waals surface area contributed by atoms with Crippen molar-refractivity contribution >= 4 is 11.9 Å². The number of piperidine rings is 1. The lowest BCUT2D eigenvalue weighted by Gasteiger charge is -2.38. The van der Waals surface area contributed by atoms with Crippen LogP contribution in [0.25, 0.3) is 0 Å². The predicted octanol–water partition coefficient (Wildman–Crippen LogP) is 4.83. The smallest absolute Gasteiger partial charge is 0.475 e. The second-order valence-corrected chi connectivity index (χ2v) is 8.97. The molecule has 2 N–H and O–H groups in total. The molecule has 222 valence electrons. The third-order valence-electron chi connectivity index (χ3n) is 5.99. The zero-order valence-electron chi connectivity index (χ0n) is 20.9. The van der Waals surface area contributed by atoms with Gasteiger partial charge < -0.3 is 19.7 Å². The van der Waals surface area contributed by atoms with Crippen LogP contribution in [-0.2, 0) is 32.2 Å². The van der Waals surface area contributed by atoms with Crippen molar-refractivity contribution in [2.75, 3.05) is 19.7 Å². The number of carboxylic acids is 2. The molecular formula is C25H27F7N2O6. The largest absolute Gasteiger partial charge is 0.490 e. The number of halogens is 7. The van der Waals surface area contributed by atoms with E-state index in [4.69, 9.17) is 29.3 Å². The first-order chi connectivity index (χ1) is 18.6. The van der Waals surface area contributed by atoms with Gasteiger partial charge in [-0.3, -0.25) is 9.88 Å². The highest BCUT2D eigenvalue weighted by atomic mass is 19.4. The average molecular weight is 584 g/mol. The van der Waals surface area contributed by atoms with Gasteiger partial charge in [0.1, 0.15) is 5.82 Å². The van der Waals surface area contributed by atoms with Crippen LogP contribution in [0.3, 0.4) is 0 Å². The van der Waals surface area contributed by atoms with Gasteiger partial charge in [-0.1, -0.05) is 24.3 Å². The fraction of sp³-hybridized carbons (Fsp3) is 0.480. The molecule has 1 aromatic carbocycles. The maximum Gasteiger partial charge on any atom is 0.490 e. The quantitative estimate of drug-likeness (QED) is 0.482. The Kier molecular flexibility index (Phi) is 11.8. The number of alkyl halides is 6. The maximum absolute atomic E-state index is 13.8. The highest BCUT2D eigenvalue weighted by Crippen LogP contribution is 2.37. The van der Waals surface area contributed by atoms with Gasteiger partial charge in [0.25, 0.3) is 0 Å². The third kappa shape index (κ3) is 11.1. The number of carbonyl (C=O) groups is 2. The molecule has 2 aliphatic heterocycles. The van der Waals surface area contributed by atoms with Crippen molar-refractivity contribution in [3.05, 3.63) is 65.7 Å². The second-order valence-electron chi connectivity index (χ2n) is 8.97. The summed E-state index contributed by atoms with van der Waals surface area (Å²) < 4.78 is 89.5. The molecule has 4 rings (SSSR count). The topological polar surface area (TPSA) is 109 Å². The van der Waals surface area contributed by atoms with E-state index in [9.17, 15) is 30.7 Å². The fourth-order valence-corrected chi connectivity index (χ4v) is 3.94. The first kappa shape index (κ1) is 32.9. The molecule has 15 heteroatoms. The Morgan fingerprint density at radius 3 is 2.08 bits per heavy atom. The zero-order chi connectivity index (χ0) is 30.0. The van der Waals surface area contributed by atoms with Crippen LogP contribution in [0.1, 0.15) is 30.4 Å². The Labute approximate surface area is 224 Å². The van der Waals surface area contributed by atoms with Crippen LogP contribution in [-0.4, -0.2) is 75.8 Å². The van der Waals surface area contributed by atoms with Gasteiger partial charge in [0.05, 0.1) is 24.9 Å². The number of benzene rings is 1. The van der Waals surface area contributed by atoms with Gasteiger partial charge in [0.2, 0.25) is 0 Å². The summed E-state index contributed by atoms with van der Waals surface area (Å²) in [7, 11) is 0. The monoisotopic (exact) mass is 584 g/mol. The maximum atomic E-state index is 13.8. The second kappa shape index (κ2) is 14.4. The molecule has 0 saturated carbocycles. The van der Waals surface area contributed by atoms with Gasteiger partial charge in [-0.25, -0.2) is 14.0 Å². The number of hydrogen-bond acceptors (Lipinski definition) is 6. The van der Waals surface area contributed by atoms with Crippen LogP contribution < -0.4 is 0 Å². The van der Waals surface area contributed by atoms with Crippen molar-refractivity contribution in [1.29, 1.82) is 0 Å². The minimum atomic E-state index is -5.08. The SMILES string of the molecule is Fc1ccccc1CN1CCC2(CC1)CC(OCc1cccnc1)CO2.O=C(O)C(F)(F)F.O=C(O)C(F)(F)F. The van der Waals surface area contributed by atoms with Crippen LogP contribution in [0.4, 0.5) is 30.7 Å². The number of pyridine rings is 1. The van der Waals surface area contributed by atoms with E-state index in [-0.39, 0.29) is 17.5 Å². The molecule has 0 bridgehead atoms. The van der Waals surface area contributed by atoms with Gasteiger partial charge in [-0.05, 0) is 30.5 Å². The van der Waals surface area contributed by atoms with Crippen LogP contribution >= 0.6 is 0 Å². The fourth-order valence-electron chi connectivity index (χ4n) is 3.94. The molecule has 3 heterocycles. The average Bonchev–Trinajstić information content (AvgIpc) is 3.28. The van der Waals surface area contributed by atoms with Crippen molar-refractivity contribution in [2.45, 2.75) is 56.5 Å². The van der Waals surface area contributed by atoms with Gasteiger partial charge in [-0.2, -0.15) is 26.3 Å². The Bertz CT molecular complexity index is 1070. The van der Waals surface area contributed by atoms with E-state index >= 15 is 0 Å². The van der Waals surface area contributed by atoms with Crippen molar-refractivity contribution in [3.63, 3.8) is 0 Å². The minimum absolute atomic E-state index is 0.0641. The summed E-state index contributed by atoms with van der Waals surface area (Å²) in [5, 5.41) is 14.2. The Hall–Kier alpha value is -3.30. The molecule has 2 saturated heterocycles. The molecule has 1 aromatic heterocycles. The number of likely N-dealkylation sites (tertiary alicyclic amines) is 1. The molecule has 0 aliphatic carbocycles. The van der Waals surface area contributed by atoms with Crippen LogP contribution in [0.15, 0.2) is 48.8 Å². The van der Waals surface area contributed by atoms with E-state index in [1.165, 1.54) is 6.07 Å². The third-order valence-corrected chi connectivity index (χ3v) is 5.99. The number of aliphatic carboxylic acids is 2. The normalized spacial score (nSPS) is 18.7. The summed E-state index contributed by atoms with van der Waals surface area (Å²) in [5.74, 6) is -5.63. The van der Waals surface area contributed by atoms with E-state index in [0.29, 0.717) is 19.8 Å². The molecule has 2 aromatic rings. The van der Waals surface area contributed by atoms with Gasteiger partial charge in [0, 0.05) is 44.0 Å². The predicted molar refractivity (Wildman–Crippen MR) is 124 cm³/mol. The summed E-state index contributed by atoms with van der Waals surface area (Å²) in [6.45, 7) is 3.78. The number of hydrogen-bond donors (Lipinski definition) is 2. The summed E-state index contributed by atoms with van der Waals surface area (Å²) in [6, 6.07) is 11.0. The summed E-state index contributed by atoms with van der Waals surface area (Å²) in [6.07, 6.45) is -3.50. The van der Waals surface area contributed by atoms with E-state index in [2.05, 4.69) is 9.88 Å². The summed E-state index contributed by atoms with van der Waals surface area (Å²) in [5.41, 5.74) is 1.80. The Morgan fingerprint density at radius 2 is 1.57 bits per heavy atom. The van der Waals surface area contributed by atoms with Crippen LogP contribution in [0, 0.1) is 5.82 Å². The van der Waals surface area contributed by atoms with Crippen LogP contribution in [0.5, 0.6) is 0 Å². The van der Waals surface area contributed by atoms with Gasteiger partial charge in [0.15, 0.2) is 0 Å². The lowest BCUT2D eigenvalue weighted by molar-refractivity contribution is -0.193. The lowest BCUT2D eigenvalue weighted by Crippen LogP contribution is -2.44. The van der Waals surface area contributed by atoms with Gasteiger partial charge >= 0.3 is 24.3 Å². The van der Waals surface area contributed by atoms with Crippen LogP contribution in [0.2, 0.25) is 0 Å². The van der Waals surface area contributed by atoms with E-state index in [0.717, 1.165) is 43.5 Å². The highest BCUT2D eigenvalue weighted by molar-refractivity contribution is 5.73. The minimum Gasteiger partial charge on any atom is -0.475 e. The standard InChI is InChI=1S/C21H25FN2O2.2C2HF3O2/c22-20-6-2-1-5-18(20)14-24-10-7-21(8-11-24)12-19(16-26-21)25-15-17-4-3-9-23-13-17;2*3-2(4,5)1(6)7/h1-6,9,13,19H,7-8,10-12,14-16H2;2*(H,6,7). The number of aromatic nitrogens is 1. The number of ether oxygens (including phenoxy) is 2. The first-order valence-corrected chi connectivity index (χ1v) is 11.8. The van der Waals surface area contributed by atoms with Crippen molar-refractivity contribution in [2.24, 2.45) is 0 Å². The molecule has 2 fully saturated rings. The summed E-state index contributed by atoms with van der Waals surface area (Å²) in [4.78, 5) is 24.2. The van der Waals surface area contributed by atoms with Crippen molar-refractivity contribution < 1.29 is 60.0 Å². The van der Waals surface area contributed by atoms with E-state index in [1.807, 2.05) is 30.5 Å². The molecule has 8 nitrogen and oxygen atoms in total. The molecule has 0 radical (unpaired) electrons. The molecular weight excluding hydrogens is 557 g/mol. The van der Waals surface area contributed by atoms with E-state index < -0.39 is 24.3 Å². The van der Waals surface area contributed by atoms with Crippen molar-refractivity contribution in [3.8, 4) is 0 Å². The molecule has 1 spiro atoms. The number of rotatable bonds is 5. The lowest BCUT2D eigenvalue weighted by atomic mass is 9.88. The zero-order valence-corrected chi connectivity index (χ0v) is 20.9. The van der Waals surface area contributed by atoms with Crippen molar-refractivity contribution in [1.82, 2.24) is 9.88 Å². The highest BCUT2D eigenvalue weighted by Gasteiger charge is 2.43. The Balaban J connectivity index is 0.000000333. The Morgan fingerprint density at radius 1 is 1.00 bits per heavy atom. The van der Waals surface area contributed by atoms with Gasteiger partial charge in [-0.15, -0.1) is 0 Å². The number of nitrogens with zero attached hydrogens (tertiary/aromatic N) is 2. The summed E-state index contributed by atoms with van der Waals surface area (Å²) >= 11 is 0. The molecule has 40 heavy (non-hydrogen) atoms.